The Morgan fingerprint density at radius 1 is 1.47 bits per heavy atom. The smallest absolute Gasteiger partial charge is 0.179 e. The van der Waals surface area contributed by atoms with E-state index in [1.807, 2.05) is 0 Å². The van der Waals surface area contributed by atoms with E-state index >= 15 is 0 Å². The number of aliphatic hydroxyl groups is 1. The van der Waals surface area contributed by atoms with Crippen LogP contribution in [0.25, 0.3) is 0 Å². The molecular weight excluding hydrogens is 287 g/mol. The van der Waals surface area contributed by atoms with Crippen LogP contribution < -0.4 is 0 Å². The Morgan fingerprint density at radius 3 is 2.47 bits per heavy atom. The summed E-state index contributed by atoms with van der Waals surface area (Å²) in [6, 6.07) is 2.62. The molecule has 0 saturated carbocycles. The number of hydrogen-bond donors (Lipinski definition) is 1. The maximum absolute atomic E-state index is 13.4. The third-order valence-corrected chi connectivity index (χ3v) is 3.87. The van der Waals surface area contributed by atoms with Gasteiger partial charge in [-0.2, -0.15) is 0 Å². The van der Waals surface area contributed by atoms with Gasteiger partial charge in [-0.3, -0.25) is 0 Å². The summed E-state index contributed by atoms with van der Waals surface area (Å²) in [5.74, 6) is -0.796. The standard InChI is InChI=1S/C9H10BrFO3S/c1-15(13,14)9-7(10)4-6(2-3-12)5-8(9)11/h4-5,12H,2-3H2,1H3. The maximum Gasteiger partial charge on any atom is 0.179 e. The number of rotatable bonds is 3. The fourth-order valence-corrected chi connectivity index (χ4v) is 3.43. The monoisotopic (exact) mass is 296 g/mol. The molecule has 1 aromatic carbocycles. The zero-order chi connectivity index (χ0) is 11.6. The van der Waals surface area contributed by atoms with Crippen LogP contribution in [-0.4, -0.2) is 26.4 Å². The number of sulfone groups is 1. The van der Waals surface area contributed by atoms with E-state index in [1.165, 1.54) is 6.07 Å². The van der Waals surface area contributed by atoms with E-state index in [2.05, 4.69) is 15.9 Å². The van der Waals surface area contributed by atoms with Crippen LogP contribution in [0, 0.1) is 5.82 Å². The van der Waals surface area contributed by atoms with Gasteiger partial charge >= 0.3 is 0 Å². The molecule has 0 saturated heterocycles. The van der Waals surface area contributed by atoms with Crippen LogP contribution >= 0.6 is 15.9 Å². The molecule has 0 aliphatic heterocycles. The summed E-state index contributed by atoms with van der Waals surface area (Å²) in [5, 5.41) is 8.67. The SMILES string of the molecule is CS(=O)(=O)c1c(F)cc(CCO)cc1Br. The molecule has 0 aliphatic rings. The van der Waals surface area contributed by atoms with E-state index in [0.29, 0.717) is 12.0 Å². The molecule has 84 valence electrons. The maximum atomic E-state index is 13.4. The lowest BCUT2D eigenvalue weighted by atomic mass is 10.1. The van der Waals surface area contributed by atoms with Crippen LogP contribution in [0.3, 0.4) is 0 Å². The van der Waals surface area contributed by atoms with Crippen LogP contribution in [-0.2, 0) is 16.3 Å². The minimum Gasteiger partial charge on any atom is -0.396 e. The summed E-state index contributed by atoms with van der Waals surface area (Å²) in [5.41, 5.74) is 0.550. The van der Waals surface area contributed by atoms with Crippen molar-refractivity contribution in [1.82, 2.24) is 0 Å². The summed E-state index contributed by atoms with van der Waals surface area (Å²) in [6.07, 6.45) is 1.24. The second-order valence-electron chi connectivity index (χ2n) is 3.13. The van der Waals surface area contributed by atoms with Gasteiger partial charge < -0.3 is 5.11 Å². The van der Waals surface area contributed by atoms with Crippen LogP contribution in [0.2, 0.25) is 0 Å². The molecule has 0 heterocycles. The van der Waals surface area contributed by atoms with Crippen LogP contribution in [0.4, 0.5) is 4.39 Å². The summed E-state index contributed by atoms with van der Waals surface area (Å²) >= 11 is 3.00. The highest BCUT2D eigenvalue weighted by Gasteiger charge is 2.18. The molecule has 0 unspecified atom stereocenters. The lowest BCUT2D eigenvalue weighted by Crippen LogP contribution is -2.04. The first-order valence-corrected chi connectivity index (χ1v) is 6.83. The minimum absolute atomic E-state index is 0.107. The number of halogens is 2. The molecule has 0 atom stereocenters. The van der Waals surface area contributed by atoms with E-state index < -0.39 is 15.7 Å². The van der Waals surface area contributed by atoms with Gasteiger partial charge in [-0.05, 0) is 40.0 Å². The zero-order valence-corrected chi connectivity index (χ0v) is 10.4. The summed E-state index contributed by atoms with van der Waals surface area (Å²) in [4.78, 5) is -0.343. The van der Waals surface area contributed by atoms with Crippen LogP contribution in [0.5, 0.6) is 0 Å². The lowest BCUT2D eigenvalue weighted by Gasteiger charge is -2.06. The largest absolute Gasteiger partial charge is 0.396 e. The second kappa shape index (κ2) is 4.59. The van der Waals surface area contributed by atoms with E-state index in [1.54, 1.807) is 0 Å². The Bertz CT molecular complexity index is 447. The van der Waals surface area contributed by atoms with Gasteiger partial charge in [0.05, 0.1) is 0 Å². The van der Waals surface area contributed by atoms with Gasteiger partial charge in [0.25, 0.3) is 0 Å². The van der Waals surface area contributed by atoms with Gasteiger partial charge in [0.15, 0.2) is 9.84 Å². The third-order valence-electron chi connectivity index (χ3n) is 1.83. The van der Waals surface area contributed by atoms with Gasteiger partial charge in [-0.25, -0.2) is 12.8 Å². The zero-order valence-electron chi connectivity index (χ0n) is 8.00. The molecule has 6 heteroatoms. The van der Waals surface area contributed by atoms with Crippen LogP contribution in [0.15, 0.2) is 21.5 Å². The van der Waals surface area contributed by atoms with Crippen molar-refractivity contribution in [1.29, 1.82) is 0 Å². The van der Waals surface area contributed by atoms with Gasteiger partial charge in [0, 0.05) is 17.3 Å². The van der Waals surface area contributed by atoms with Crippen molar-refractivity contribution < 1.29 is 17.9 Å². The Morgan fingerprint density at radius 2 is 2.07 bits per heavy atom. The molecule has 1 rings (SSSR count). The molecule has 0 fully saturated rings. The van der Waals surface area contributed by atoms with E-state index in [9.17, 15) is 12.8 Å². The van der Waals surface area contributed by atoms with Crippen molar-refractivity contribution in [2.45, 2.75) is 11.3 Å². The molecular formula is C9H10BrFO3S. The Hall–Kier alpha value is -0.460. The third kappa shape index (κ3) is 2.99. The van der Waals surface area contributed by atoms with E-state index in [4.69, 9.17) is 5.11 Å². The number of benzene rings is 1. The van der Waals surface area contributed by atoms with Gasteiger partial charge in [0.2, 0.25) is 0 Å². The molecule has 1 N–H and O–H groups in total. The van der Waals surface area contributed by atoms with Gasteiger partial charge in [-0.15, -0.1) is 0 Å². The first-order valence-electron chi connectivity index (χ1n) is 4.15. The van der Waals surface area contributed by atoms with Crippen molar-refractivity contribution >= 4 is 25.8 Å². The highest BCUT2D eigenvalue weighted by molar-refractivity contribution is 9.10. The fourth-order valence-electron chi connectivity index (χ4n) is 1.24. The van der Waals surface area contributed by atoms with Crippen molar-refractivity contribution in [2.75, 3.05) is 12.9 Å². The fraction of sp³-hybridized carbons (Fsp3) is 0.333. The lowest BCUT2D eigenvalue weighted by molar-refractivity contribution is 0.299. The van der Waals surface area contributed by atoms with E-state index in [0.717, 1.165) is 12.3 Å². The average Bonchev–Trinajstić information content (AvgIpc) is 1.99. The van der Waals surface area contributed by atoms with Crippen molar-refractivity contribution in [2.24, 2.45) is 0 Å². The van der Waals surface area contributed by atoms with Gasteiger partial charge in [-0.1, -0.05) is 0 Å². The van der Waals surface area contributed by atoms with Crippen LogP contribution in [0.1, 0.15) is 5.56 Å². The Labute approximate surface area is 96.0 Å². The molecule has 0 bridgehead atoms. The highest BCUT2D eigenvalue weighted by Crippen LogP contribution is 2.26. The van der Waals surface area contributed by atoms with Gasteiger partial charge in [0.1, 0.15) is 10.7 Å². The van der Waals surface area contributed by atoms with Crippen molar-refractivity contribution in [3.05, 3.63) is 28.0 Å². The molecule has 0 amide bonds. The number of aliphatic hydroxyl groups excluding tert-OH is 1. The topological polar surface area (TPSA) is 54.4 Å². The quantitative estimate of drug-likeness (QED) is 0.920. The summed E-state index contributed by atoms with van der Waals surface area (Å²) in [7, 11) is -3.58. The predicted molar refractivity (Wildman–Crippen MR) is 58.0 cm³/mol. The molecule has 0 radical (unpaired) electrons. The molecule has 0 aromatic heterocycles. The summed E-state index contributed by atoms with van der Waals surface area (Å²) in [6.45, 7) is -0.107. The van der Waals surface area contributed by atoms with Crippen molar-refractivity contribution in [3.63, 3.8) is 0 Å². The molecule has 3 nitrogen and oxygen atoms in total. The Kier molecular flexibility index (Phi) is 3.86. The van der Waals surface area contributed by atoms with Crippen molar-refractivity contribution in [3.8, 4) is 0 Å². The minimum atomic E-state index is -3.58. The molecule has 15 heavy (non-hydrogen) atoms. The summed E-state index contributed by atoms with van der Waals surface area (Å²) < 4.78 is 36.1. The number of hydrogen-bond acceptors (Lipinski definition) is 3. The second-order valence-corrected chi connectivity index (χ2v) is 5.94. The first-order chi connectivity index (χ1) is 6.86. The molecule has 1 aromatic rings. The molecule has 0 aliphatic carbocycles. The first kappa shape index (κ1) is 12.6. The van der Waals surface area contributed by atoms with E-state index in [-0.39, 0.29) is 16.0 Å². The average molecular weight is 297 g/mol. The highest BCUT2D eigenvalue weighted by atomic mass is 79.9. The normalized spacial score (nSPS) is 11.7. The predicted octanol–water partition coefficient (Wildman–Crippen LogP) is 1.53. The Balaban J connectivity index is 3.34. The molecule has 0 spiro atoms.